The van der Waals surface area contributed by atoms with Gasteiger partial charge in [-0.3, -0.25) is 4.79 Å². The topological polar surface area (TPSA) is 70.2 Å². The fourth-order valence-corrected chi connectivity index (χ4v) is 1.97. The van der Waals surface area contributed by atoms with Crippen molar-refractivity contribution in [3.8, 4) is 0 Å². The van der Waals surface area contributed by atoms with E-state index in [0.29, 0.717) is 17.1 Å². The minimum absolute atomic E-state index is 0.0992. The second kappa shape index (κ2) is 6.91. The van der Waals surface area contributed by atoms with Crippen molar-refractivity contribution >= 4 is 40.6 Å². The predicted octanol–water partition coefficient (Wildman–Crippen LogP) is 4.08. The fraction of sp³-hybridized carbons (Fsp3) is 0.0667. The number of hydrogen-bond acceptors (Lipinski definition) is 2. The van der Waals surface area contributed by atoms with E-state index in [0.717, 1.165) is 6.07 Å². The molecule has 3 amide bonds. The molecule has 2 rings (SSSR count). The number of benzene rings is 2. The lowest BCUT2D eigenvalue weighted by atomic mass is 10.2. The van der Waals surface area contributed by atoms with Crippen LogP contribution >= 0.6 is 11.6 Å². The highest BCUT2D eigenvalue weighted by Gasteiger charge is 2.07. The third-order valence-corrected chi connectivity index (χ3v) is 2.93. The number of anilines is 3. The smallest absolute Gasteiger partial charge is 0.323 e. The average molecular weight is 322 g/mol. The number of carbonyl (C=O) groups excluding carboxylic acids is 2. The lowest BCUT2D eigenvalue weighted by Gasteiger charge is -2.10. The molecule has 114 valence electrons. The first kappa shape index (κ1) is 15.8. The minimum atomic E-state index is -0.534. The normalized spacial score (nSPS) is 9.95. The second-order valence-electron chi connectivity index (χ2n) is 4.47. The zero-order chi connectivity index (χ0) is 16.1. The van der Waals surface area contributed by atoms with E-state index in [-0.39, 0.29) is 10.9 Å². The van der Waals surface area contributed by atoms with Gasteiger partial charge in [-0.25, -0.2) is 9.18 Å². The first-order chi connectivity index (χ1) is 10.4. The summed E-state index contributed by atoms with van der Waals surface area (Å²) in [4.78, 5) is 22.9. The SMILES string of the molecule is CC(=O)Nc1cccc(NC(=O)Nc2ccc(F)cc2Cl)c1. The van der Waals surface area contributed by atoms with Crippen molar-refractivity contribution in [2.24, 2.45) is 0 Å². The van der Waals surface area contributed by atoms with Crippen molar-refractivity contribution in [3.05, 3.63) is 53.3 Å². The molecule has 3 N–H and O–H groups in total. The highest BCUT2D eigenvalue weighted by Crippen LogP contribution is 2.23. The van der Waals surface area contributed by atoms with Crippen LogP contribution in [0.4, 0.5) is 26.2 Å². The lowest BCUT2D eigenvalue weighted by Crippen LogP contribution is -2.19. The largest absolute Gasteiger partial charge is 0.326 e. The maximum Gasteiger partial charge on any atom is 0.323 e. The molecule has 0 unspecified atom stereocenters. The summed E-state index contributed by atoms with van der Waals surface area (Å²) >= 11 is 5.83. The molecule has 0 atom stereocenters. The van der Waals surface area contributed by atoms with Gasteiger partial charge in [0.05, 0.1) is 10.7 Å². The number of carbonyl (C=O) groups is 2. The van der Waals surface area contributed by atoms with E-state index in [1.165, 1.54) is 19.1 Å². The first-order valence-corrected chi connectivity index (χ1v) is 6.72. The van der Waals surface area contributed by atoms with Gasteiger partial charge >= 0.3 is 6.03 Å². The van der Waals surface area contributed by atoms with Crippen molar-refractivity contribution in [2.45, 2.75) is 6.92 Å². The van der Waals surface area contributed by atoms with Crippen molar-refractivity contribution in [1.82, 2.24) is 0 Å². The van der Waals surface area contributed by atoms with E-state index in [2.05, 4.69) is 16.0 Å². The molecule has 7 heteroatoms. The Morgan fingerprint density at radius 2 is 1.68 bits per heavy atom. The zero-order valence-corrected chi connectivity index (χ0v) is 12.4. The average Bonchev–Trinajstić information content (AvgIpc) is 2.41. The molecule has 0 aromatic heterocycles. The lowest BCUT2D eigenvalue weighted by molar-refractivity contribution is -0.114. The van der Waals surface area contributed by atoms with Crippen LogP contribution in [-0.2, 0) is 4.79 Å². The molecule has 0 aliphatic carbocycles. The fourth-order valence-electron chi connectivity index (χ4n) is 1.75. The standard InChI is InChI=1S/C15H13ClFN3O2/c1-9(21)18-11-3-2-4-12(8-11)19-15(22)20-14-6-5-10(17)7-13(14)16/h2-8H,1H3,(H,18,21)(H2,19,20,22). The van der Waals surface area contributed by atoms with E-state index in [9.17, 15) is 14.0 Å². The summed E-state index contributed by atoms with van der Waals surface area (Å²) in [5.74, 6) is -0.696. The molecule has 0 aliphatic heterocycles. The van der Waals surface area contributed by atoms with Crippen LogP contribution in [0.25, 0.3) is 0 Å². The van der Waals surface area contributed by atoms with Crippen molar-refractivity contribution in [3.63, 3.8) is 0 Å². The Hall–Kier alpha value is -2.60. The van der Waals surface area contributed by atoms with Crippen LogP contribution in [0, 0.1) is 5.82 Å². The summed E-state index contributed by atoms with van der Waals surface area (Å²) in [7, 11) is 0. The summed E-state index contributed by atoms with van der Waals surface area (Å²) in [6.07, 6.45) is 0. The monoisotopic (exact) mass is 321 g/mol. The number of urea groups is 1. The molecule has 0 fully saturated rings. The van der Waals surface area contributed by atoms with Gasteiger partial charge < -0.3 is 16.0 Å². The van der Waals surface area contributed by atoms with Gasteiger partial charge in [-0.1, -0.05) is 17.7 Å². The number of rotatable bonds is 3. The third-order valence-electron chi connectivity index (χ3n) is 2.62. The molecule has 0 bridgehead atoms. The Morgan fingerprint density at radius 3 is 2.32 bits per heavy atom. The van der Waals surface area contributed by atoms with Crippen LogP contribution in [0.1, 0.15) is 6.92 Å². The molecule has 22 heavy (non-hydrogen) atoms. The number of hydrogen-bond donors (Lipinski definition) is 3. The third kappa shape index (κ3) is 4.46. The van der Waals surface area contributed by atoms with Crippen LogP contribution in [0.2, 0.25) is 5.02 Å². The summed E-state index contributed by atoms with van der Waals surface area (Å²) in [5.41, 5.74) is 1.34. The number of amides is 3. The Morgan fingerprint density at radius 1 is 1.00 bits per heavy atom. The minimum Gasteiger partial charge on any atom is -0.326 e. The molecule has 0 heterocycles. The molecule has 2 aromatic rings. The Bertz CT molecular complexity index is 722. The van der Waals surface area contributed by atoms with E-state index in [1.54, 1.807) is 24.3 Å². The van der Waals surface area contributed by atoms with E-state index < -0.39 is 11.8 Å². The van der Waals surface area contributed by atoms with Gasteiger partial charge in [-0.2, -0.15) is 0 Å². The highest BCUT2D eigenvalue weighted by molar-refractivity contribution is 6.33. The molecular weight excluding hydrogens is 309 g/mol. The summed E-state index contributed by atoms with van der Waals surface area (Å²) in [6, 6.07) is 9.78. The summed E-state index contributed by atoms with van der Waals surface area (Å²) in [5, 5.41) is 7.81. The number of nitrogens with one attached hydrogen (secondary N) is 3. The molecule has 5 nitrogen and oxygen atoms in total. The molecule has 0 saturated heterocycles. The van der Waals surface area contributed by atoms with Gasteiger partial charge in [-0.05, 0) is 36.4 Å². The highest BCUT2D eigenvalue weighted by atomic mass is 35.5. The molecule has 0 aliphatic rings. The van der Waals surface area contributed by atoms with Crippen LogP contribution in [0.3, 0.4) is 0 Å². The Labute approximate surface area is 131 Å². The van der Waals surface area contributed by atoms with Crippen molar-refractivity contribution < 1.29 is 14.0 Å². The second-order valence-corrected chi connectivity index (χ2v) is 4.87. The summed E-state index contributed by atoms with van der Waals surface area (Å²) in [6.45, 7) is 1.39. The molecule has 0 saturated carbocycles. The van der Waals surface area contributed by atoms with Crippen LogP contribution < -0.4 is 16.0 Å². The molecular formula is C15H13ClFN3O2. The van der Waals surface area contributed by atoms with Gasteiger partial charge in [0.25, 0.3) is 0 Å². The van der Waals surface area contributed by atoms with Gasteiger partial charge in [-0.15, -0.1) is 0 Å². The quantitative estimate of drug-likeness (QED) is 0.797. The molecule has 2 aromatic carbocycles. The molecule has 0 radical (unpaired) electrons. The first-order valence-electron chi connectivity index (χ1n) is 6.35. The zero-order valence-electron chi connectivity index (χ0n) is 11.6. The van der Waals surface area contributed by atoms with Gasteiger partial charge in [0.1, 0.15) is 5.82 Å². The van der Waals surface area contributed by atoms with Gasteiger partial charge in [0, 0.05) is 18.3 Å². The number of halogens is 2. The van der Waals surface area contributed by atoms with Crippen LogP contribution in [-0.4, -0.2) is 11.9 Å². The molecule has 0 spiro atoms. The van der Waals surface area contributed by atoms with E-state index >= 15 is 0 Å². The van der Waals surface area contributed by atoms with E-state index in [4.69, 9.17) is 11.6 Å². The Kier molecular flexibility index (Phi) is 4.95. The van der Waals surface area contributed by atoms with Crippen molar-refractivity contribution in [2.75, 3.05) is 16.0 Å². The van der Waals surface area contributed by atoms with Crippen molar-refractivity contribution in [1.29, 1.82) is 0 Å². The van der Waals surface area contributed by atoms with Crippen LogP contribution in [0.15, 0.2) is 42.5 Å². The van der Waals surface area contributed by atoms with E-state index in [1.807, 2.05) is 0 Å². The summed E-state index contributed by atoms with van der Waals surface area (Å²) < 4.78 is 12.9. The predicted molar refractivity (Wildman–Crippen MR) is 84.8 cm³/mol. The van der Waals surface area contributed by atoms with Crippen LogP contribution in [0.5, 0.6) is 0 Å². The Balaban J connectivity index is 2.04. The maximum atomic E-state index is 12.9. The van der Waals surface area contributed by atoms with Gasteiger partial charge in [0.15, 0.2) is 0 Å². The van der Waals surface area contributed by atoms with Gasteiger partial charge in [0.2, 0.25) is 5.91 Å². The maximum absolute atomic E-state index is 12.9.